The number of aromatic hydroxyl groups is 1. The van der Waals surface area contributed by atoms with Gasteiger partial charge >= 0.3 is 0 Å². The van der Waals surface area contributed by atoms with E-state index in [1.54, 1.807) is 43.3 Å². The Kier molecular flexibility index (Phi) is 6.03. The van der Waals surface area contributed by atoms with Gasteiger partial charge in [0.05, 0.1) is 28.6 Å². The monoisotopic (exact) mass is 573 g/mol. The van der Waals surface area contributed by atoms with E-state index in [9.17, 15) is 14.7 Å². The third kappa shape index (κ3) is 3.88. The molecule has 1 N–H and O–H groups in total. The van der Waals surface area contributed by atoms with Crippen LogP contribution in [0.4, 0.5) is 0 Å². The lowest BCUT2D eigenvalue weighted by molar-refractivity contribution is 0.0714. The molecule has 1 amide bonds. The minimum Gasteiger partial charge on any atom is -0.503 e. The van der Waals surface area contributed by atoms with Crippen LogP contribution in [0.3, 0.4) is 0 Å². The largest absolute Gasteiger partial charge is 0.503 e. The summed E-state index contributed by atoms with van der Waals surface area (Å²) >= 11 is 16.0. The van der Waals surface area contributed by atoms with Crippen LogP contribution in [0.25, 0.3) is 11.0 Å². The van der Waals surface area contributed by atoms with Gasteiger partial charge in [-0.2, -0.15) is 0 Å². The van der Waals surface area contributed by atoms with E-state index < -0.39 is 11.9 Å². The van der Waals surface area contributed by atoms with Gasteiger partial charge < -0.3 is 19.2 Å². The van der Waals surface area contributed by atoms with Crippen molar-refractivity contribution in [3.63, 3.8) is 0 Å². The Balaban J connectivity index is 1.79. The molecule has 0 bridgehead atoms. The maximum absolute atomic E-state index is 13.8. The lowest BCUT2D eigenvalue weighted by Gasteiger charge is -2.26. The highest BCUT2D eigenvalue weighted by atomic mass is 79.9. The Morgan fingerprint density at radius 2 is 1.86 bits per heavy atom. The average Bonchev–Trinajstić information content (AvgIpc) is 3.10. The summed E-state index contributed by atoms with van der Waals surface area (Å²) in [6.45, 7) is 1.92. The number of hydrogen-bond donors (Lipinski definition) is 1. The van der Waals surface area contributed by atoms with Crippen LogP contribution in [0.1, 0.15) is 38.9 Å². The zero-order valence-corrected chi connectivity index (χ0v) is 21.7. The maximum Gasteiger partial charge on any atom is 0.291 e. The van der Waals surface area contributed by atoms with Crippen molar-refractivity contribution >= 4 is 56.0 Å². The van der Waals surface area contributed by atoms with E-state index >= 15 is 0 Å². The molecule has 2 heterocycles. The number of nitrogens with zero attached hydrogens (tertiary/aromatic N) is 1. The highest BCUT2D eigenvalue weighted by molar-refractivity contribution is 9.10. The molecule has 9 heteroatoms. The molecule has 6 nitrogen and oxygen atoms in total. The first kappa shape index (κ1) is 23.7. The molecule has 0 saturated heterocycles. The molecule has 1 aliphatic heterocycles. The van der Waals surface area contributed by atoms with Gasteiger partial charge in [0.1, 0.15) is 5.58 Å². The normalized spacial score (nSPS) is 15.1. The summed E-state index contributed by atoms with van der Waals surface area (Å²) in [4.78, 5) is 29.0. The third-order valence-electron chi connectivity index (χ3n) is 6.13. The van der Waals surface area contributed by atoms with Crippen LogP contribution < -0.4 is 10.2 Å². The van der Waals surface area contributed by atoms with E-state index in [0.717, 1.165) is 5.56 Å². The number of carbonyl (C=O) groups is 1. The molecular weight excluding hydrogens is 557 g/mol. The fraction of sp³-hybridized carbons (Fsp3) is 0.154. The predicted octanol–water partition coefficient (Wildman–Crippen LogP) is 6.63. The SMILES string of the molecule is COc1cc(C2c3c(oc4cc(C)c(Cl)cc4c3=O)C(=O)N2Cc2ccccc2Cl)cc(Br)c1O. The third-order valence-corrected chi connectivity index (χ3v) is 7.51. The Hall–Kier alpha value is -3.00. The van der Waals surface area contributed by atoms with E-state index in [-0.39, 0.29) is 45.8 Å². The minimum absolute atomic E-state index is 0.0376. The predicted molar refractivity (Wildman–Crippen MR) is 138 cm³/mol. The van der Waals surface area contributed by atoms with Crippen LogP contribution in [0.2, 0.25) is 10.0 Å². The molecule has 0 spiro atoms. The molecular formula is C26H18BrCl2NO5. The lowest BCUT2D eigenvalue weighted by Crippen LogP contribution is -2.29. The highest BCUT2D eigenvalue weighted by Gasteiger charge is 2.43. The van der Waals surface area contributed by atoms with E-state index in [1.807, 2.05) is 12.1 Å². The van der Waals surface area contributed by atoms with E-state index in [4.69, 9.17) is 32.4 Å². The molecule has 0 radical (unpaired) electrons. The number of carbonyl (C=O) groups excluding carboxylic acids is 1. The van der Waals surface area contributed by atoms with Gasteiger partial charge in [-0.15, -0.1) is 0 Å². The van der Waals surface area contributed by atoms with Crippen LogP contribution in [0.15, 0.2) is 62.2 Å². The Morgan fingerprint density at radius 1 is 1.11 bits per heavy atom. The average molecular weight is 575 g/mol. The molecule has 35 heavy (non-hydrogen) atoms. The first-order valence-electron chi connectivity index (χ1n) is 10.6. The van der Waals surface area contributed by atoms with Gasteiger partial charge in [0.2, 0.25) is 5.76 Å². The van der Waals surface area contributed by atoms with Gasteiger partial charge in [-0.1, -0.05) is 41.4 Å². The van der Waals surface area contributed by atoms with Gasteiger partial charge in [0.15, 0.2) is 16.9 Å². The fourth-order valence-corrected chi connectivity index (χ4v) is 5.19. The second-order valence-corrected chi connectivity index (χ2v) is 9.92. The van der Waals surface area contributed by atoms with Gasteiger partial charge in [-0.25, -0.2) is 0 Å². The van der Waals surface area contributed by atoms with Crippen LogP contribution in [-0.4, -0.2) is 23.0 Å². The van der Waals surface area contributed by atoms with Crippen molar-refractivity contribution in [2.24, 2.45) is 0 Å². The van der Waals surface area contributed by atoms with Crippen molar-refractivity contribution in [2.45, 2.75) is 19.5 Å². The van der Waals surface area contributed by atoms with E-state index in [1.165, 1.54) is 12.0 Å². The Bertz CT molecular complexity index is 1580. The topological polar surface area (TPSA) is 80.0 Å². The number of methoxy groups -OCH3 is 1. The van der Waals surface area contributed by atoms with Gasteiger partial charge in [0.25, 0.3) is 5.91 Å². The quantitative estimate of drug-likeness (QED) is 0.296. The molecule has 1 aromatic heterocycles. The van der Waals surface area contributed by atoms with Crippen molar-refractivity contribution in [1.29, 1.82) is 0 Å². The number of hydrogen-bond acceptors (Lipinski definition) is 5. The number of halogens is 3. The number of aryl methyl sites for hydroxylation is 1. The zero-order chi connectivity index (χ0) is 25.0. The second-order valence-electron chi connectivity index (χ2n) is 8.25. The number of fused-ring (bicyclic) bond motifs is 2. The molecule has 3 aromatic carbocycles. The molecule has 1 unspecified atom stereocenters. The van der Waals surface area contributed by atoms with Crippen molar-refractivity contribution in [3.05, 3.63) is 101 Å². The summed E-state index contributed by atoms with van der Waals surface area (Å²) in [5, 5.41) is 11.5. The van der Waals surface area contributed by atoms with E-state index in [2.05, 4.69) is 15.9 Å². The molecule has 178 valence electrons. The zero-order valence-electron chi connectivity index (χ0n) is 18.6. The summed E-state index contributed by atoms with van der Waals surface area (Å²) in [5.41, 5.74) is 2.10. The standard InChI is InChI=1S/C26H18BrCl2NO5/c1-12-7-19-15(10-18(12)29)23(31)21-22(14-8-16(27)24(32)20(9-14)34-2)30(26(33)25(21)35-19)11-13-5-3-4-6-17(13)28/h3-10,22,32H,11H2,1-2H3. The number of rotatable bonds is 4. The minimum atomic E-state index is -0.819. The van der Waals surface area contributed by atoms with Crippen LogP contribution in [-0.2, 0) is 6.54 Å². The van der Waals surface area contributed by atoms with Gasteiger partial charge in [0, 0.05) is 16.6 Å². The molecule has 0 fully saturated rings. The molecule has 5 rings (SSSR count). The summed E-state index contributed by atoms with van der Waals surface area (Å²) in [5.74, 6) is -0.382. The molecule has 1 atom stereocenters. The number of phenolic OH excluding ortho intramolecular Hbond substituents is 1. The number of amides is 1. The highest BCUT2D eigenvalue weighted by Crippen LogP contribution is 2.44. The summed E-state index contributed by atoms with van der Waals surface area (Å²) in [6.07, 6.45) is 0. The lowest BCUT2D eigenvalue weighted by atomic mass is 9.97. The number of benzene rings is 3. The van der Waals surface area contributed by atoms with Crippen molar-refractivity contribution < 1.29 is 19.1 Å². The van der Waals surface area contributed by atoms with Crippen molar-refractivity contribution in [1.82, 2.24) is 4.90 Å². The first-order chi connectivity index (χ1) is 16.7. The maximum atomic E-state index is 13.8. The summed E-state index contributed by atoms with van der Waals surface area (Å²) in [6, 6.07) is 12.8. The Labute approximate surface area is 218 Å². The van der Waals surface area contributed by atoms with Crippen LogP contribution >= 0.6 is 39.1 Å². The van der Waals surface area contributed by atoms with Gasteiger partial charge in [-0.05, 0) is 69.9 Å². The summed E-state index contributed by atoms with van der Waals surface area (Å²) in [7, 11) is 1.42. The number of ether oxygens (including phenoxy) is 1. The molecule has 0 aliphatic carbocycles. The molecule has 4 aromatic rings. The molecule has 0 saturated carbocycles. The smallest absolute Gasteiger partial charge is 0.291 e. The number of phenols is 1. The van der Waals surface area contributed by atoms with Crippen molar-refractivity contribution in [3.8, 4) is 11.5 Å². The van der Waals surface area contributed by atoms with Gasteiger partial charge in [-0.3, -0.25) is 9.59 Å². The van der Waals surface area contributed by atoms with Crippen LogP contribution in [0.5, 0.6) is 11.5 Å². The fourth-order valence-electron chi connectivity index (χ4n) is 4.37. The van der Waals surface area contributed by atoms with Crippen molar-refractivity contribution in [2.75, 3.05) is 7.11 Å². The van der Waals surface area contributed by atoms with Crippen LogP contribution in [0, 0.1) is 6.92 Å². The second kappa shape index (κ2) is 8.90. The first-order valence-corrected chi connectivity index (χ1v) is 12.1. The Morgan fingerprint density at radius 3 is 2.57 bits per heavy atom. The molecule has 1 aliphatic rings. The van der Waals surface area contributed by atoms with E-state index in [0.29, 0.717) is 25.6 Å². The summed E-state index contributed by atoms with van der Waals surface area (Å²) < 4.78 is 11.7.